The third-order valence-corrected chi connectivity index (χ3v) is 18.4. The van der Waals surface area contributed by atoms with Crippen LogP contribution >= 0.6 is 11.6 Å². The Morgan fingerprint density at radius 2 is 1.26 bits per heavy atom. The van der Waals surface area contributed by atoms with Crippen LogP contribution in [0.4, 0.5) is 0 Å². The second kappa shape index (κ2) is 45.1. The van der Waals surface area contributed by atoms with Crippen LogP contribution in [0.15, 0.2) is 85.5 Å². The fourth-order valence-electron chi connectivity index (χ4n) is 13.6. The standard InChI is InChI=1S/C12H19NO.C10H16N4O.C10H18N2O.C10H15NO.C9H17N.C6H11NO.C6H11N.C3H3ClO.C3H5.C2H6O.CH3.BrH.Mg.Pd/c1-5-7-10-8-9-12(3,4)13(10)11(14)6-2;1-10(2)4-3-8-5-7(12-13-11)6-9(15)14(8)10;1-10(2)4-3-8-5-7(11)6-9(13)12(8)10;1-10(2)7-6-8-4-3-5-9(12)11(8)10;1-4-5-8-6-7-9(2,3)10-8;1-6(2)4-3-5-7(6)8;1-6(2)4-3-5-7-6;1-2-3(4)5;1-3-2;1-2-3;;;;/h5-6,10H,1-2,7-9H2,3-4H3;7-8H,3-6H2,1-2H3;7-8H,3-6,11H2,1-2H3;3,5,8H,4,6-7H2,1-2H3;4,8,10H,1,5-7H2,2-3H3;5H,3-4H2,1-2H3;5H,3-4H2,1-2H3;2H,1H2;3H,1-2H2;3H,2H2,1H3;1H3;1H;;/q;;;;;;;;-1;;-1;;+2;/p-1. The summed E-state index contributed by atoms with van der Waals surface area (Å²) in [6, 6.07) is 2.17. The summed E-state index contributed by atoms with van der Waals surface area (Å²) in [5.41, 5.74) is 14.8. The topological polar surface area (TPSA) is 244 Å². The van der Waals surface area contributed by atoms with Crippen molar-refractivity contribution in [2.45, 2.75) is 320 Å². The van der Waals surface area contributed by atoms with Crippen LogP contribution < -0.4 is 28.0 Å². The van der Waals surface area contributed by atoms with Gasteiger partial charge in [0, 0.05) is 141 Å². The van der Waals surface area contributed by atoms with Gasteiger partial charge in [-0.2, -0.15) is 0 Å². The quantitative estimate of drug-likeness (QED) is 0.0209. The fraction of sp³-hybridized carbons (Fsp3) is 0.708. The van der Waals surface area contributed by atoms with Gasteiger partial charge in [0.2, 0.25) is 28.9 Å². The zero-order valence-corrected chi connectivity index (χ0v) is 66.1. The van der Waals surface area contributed by atoms with E-state index in [0.29, 0.717) is 42.5 Å². The molecule has 7 fully saturated rings. The number of nitrogens with zero attached hydrogens (tertiary/aromatic N) is 9. The average Bonchev–Trinajstić information content (AvgIpc) is 1.64. The predicted molar refractivity (Wildman–Crippen MR) is 385 cm³/mol. The summed E-state index contributed by atoms with van der Waals surface area (Å²) in [4.78, 5) is 71.4. The molecule has 0 bridgehead atoms. The number of aliphatic hydroxyl groups is 1. The van der Waals surface area contributed by atoms with E-state index in [4.69, 9.17) is 28.0 Å². The van der Waals surface area contributed by atoms with Crippen LogP contribution in [-0.4, -0.2) is 181 Å². The molecule has 0 aromatic carbocycles. The minimum Gasteiger partial charge on any atom is -1.00 e. The molecule has 0 aromatic heterocycles. The number of hydroxylamine groups is 1. The van der Waals surface area contributed by atoms with Crippen LogP contribution in [0.5, 0.6) is 0 Å². The smallest absolute Gasteiger partial charge is 1.00 e. The van der Waals surface area contributed by atoms with E-state index < -0.39 is 5.24 Å². The minimum absolute atomic E-state index is 0. The Labute approximate surface area is 615 Å². The molecule has 10 aliphatic rings. The van der Waals surface area contributed by atoms with Crippen LogP contribution in [-0.2, 0) is 44.4 Å². The Bertz CT molecular complexity index is 2530. The van der Waals surface area contributed by atoms with Crippen molar-refractivity contribution in [2.75, 3.05) is 6.61 Å². The number of carbonyl (C=O) groups excluding carboxylic acids is 5. The number of amides is 4. The Hall–Kier alpha value is -3.61. The average molecular weight is 1500 g/mol. The Morgan fingerprint density at radius 1 is 0.777 bits per heavy atom. The molecule has 7 saturated heterocycles. The zero-order chi connectivity index (χ0) is 69.1. The van der Waals surface area contributed by atoms with Crippen LogP contribution in [0, 0.1) is 19.6 Å². The predicted octanol–water partition coefficient (Wildman–Crippen LogP) is 11.2. The summed E-state index contributed by atoms with van der Waals surface area (Å²) in [6.07, 6.45) is 36.8. The van der Waals surface area contributed by atoms with Crippen molar-refractivity contribution in [2.24, 2.45) is 15.8 Å². The largest absolute Gasteiger partial charge is 2.00 e. The van der Waals surface area contributed by atoms with Gasteiger partial charge >= 0.3 is 23.1 Å². The van der Waals surface area contributed by atoms with Crippen molar-refractivity contribution < 1.29 is 71.2 Å². The van der Waals surface area contributed by atoms with E-state index in [-0.39, 0.29) is 149 Å². The van der Waals surface area contributed by atoms with Crippen LogP contribution in [0.2, 0.25) is 0 Å². The molecular formula is C72H124BrClMgN11O7Pd-. The van der Waals surface area contributed by atoms with E-state index in [1.807, 2.05) is 53.0 Å². The minimum atomic E-state index is -0.509. The van der Waals surface area contributed by atoms with E-state index in [2.05, 4.69) is 148 Å². The first-order valence-electron chi connectivity index (χ1n) is 32.8. The van der Waals surface area contributed by atoms with E-state index in [1.165, 1.54) is 44.3 Å². The second-order valence-corrected chi connectivity index (χ2v) is 29.6. The number of halogens is 2. The van der Waals surface area contributed by atoms with Crippen molar-refractivity contribution >= 4 is 76.0 Å². The number of nitrogens with one attached hydrogen (secondary N) is 1. The Balaban J connectivity index is -0.000000491. The third kappa shape index (κ3) is 32.4. The maximum absolute atomic E-state index is 11.9. The van der Waals surface area contributed by atoms with Crippen LogP contribution in [0.25, 0.3) is 10.4 Å². The van der Waals surface area contributed by atoms with Gasteiger partial charge in [0.25, 0.3) is 0 Å². The van der Waals surface area contributed by atoms with Gasteiger partial charge in [-0.1, -0.05) is 36.5 Å². The number of allylic oxidation sites excluding steroid dienone is 2. The third-order valence-electron chi connectivity index (χ3n) is 18.2. The molecule has 10 rings (SSSR count). The summed E-state index contributed by atoms with van der Waals surface area (Å²) in [5, 5.41) is 25.1. The summed E-state index contributed by atoms with van der Waals surface area (Å²) in [7, 11) is 0. The Morgan fingerprint density at radius 3 is 1.63 bits per heavy atom. The first-order chi connectivity index (χ1) is 41.8. The molecule has 22 heteroatoms. The van der Waals surface area contributed by atoms with Gasteiger partial charge in [0.15, 0.2) is 11.8 Å². The van der Waals surface area contributed by atoms with Crippen molar-refractivity contribution in [1.29, 1.82) is 0 Å². The van der Waals surface area contributed by atoms with Crippen LogP contribution in [0.3, 0.4) is 0 Å². The Kier molecular flexibility index (Phi) is 46.5. The number of carbonyl (C=O) groups is 5. The molecule has 10 heterocycles. The fourth-order valence-corrected chi connectivity index (χ4v) is 13.6. The van der Waals surface area contributed by atoms with E-state index in [9.17, 15) is 29.2 Å². The molecule has 4 amide bonds. The molecule has 536 valence electrons. The normalized spacial score (nSPS) is 26.4. The van der Waals surface area contributed by atoms with Crippen molar-refractivity contribution in [3.8, 4) is 0 Å². The van der Waals surface area contributed by atoms with Gasteiger partial charge in [-0.05, 0) is 241 Å². The number of rotatable bonds is 7. The molecule has 7 atom stereocenters. The van der Waals surface area contributed by atoms with Crippen molar-refractivity contribution in [1.82, 2.24) is 24.9 Å². The number of likely N-dealkylation sites (tertiary alicyclic amines) is 1. The maximum atomic E-state index is 11.9. The van der Waals surface area contributed by atoms with E-state index in [1.54, 1.807) is 19.2 Å². The molecule has 4 N–H and O–H groups in total. The van der Waals surface area contributed by atoms with E-state index >= 15 is 0 Å². The number of piperidine rings is 2. The molecule has 0 aromatic rings. The summed E-state index contributed by atoms with van der Waals surface area (Å²) in [5.74, 6) is 0.644. The molecule has 0 radical (unpaired) electrons. The molecule has 7 unspecified atom stereocenters. The summed E-state index contributed by atoms with van der Waals surface area (Å²) < 4.78 is 1.05. The maximum Gasteiger partial charge on any atom is 2.00 e. The monoisotopic (exact) mass is 1500 g/mol. The van der Waals surface area contributed by atoms with Gasteiger partial charge in [-0.15, -0.1) is 13.2 Å². The van der Waals surface area contributed by atoms with E-state index in [0.717, 1.165) is 101 Å². The number of nitrogens with two attached hydrogens (primary N) is 1. The number of aliphatic imine (C=N–C) groups is 1. The molecule has 10 aliphatic heterocycles. The van der Waals surface area contributed by atoms with Gasteiger partial charge in [-0.25, -0.2) is 24.3 Å². The molecule has 18 nitrogen and oxygen atoms in total. The summed E-state index contributed by atoms with van der Waals surface area (Å²) >= 11 is 4.71. The van der Waals surface area contributed by atoms with Crippen molar-refractivity contribution in [3.05, 3.63) is 105 Å². The first-order valence-corrected chi connectivity index (χ1v) is 33.2. The zero-order valence-electron chi connectivity index (χ0n) is 60.8. The first kappa shape index (κ1) is 96.8. The number of hydrogen-bond donors (Lipinski definition) is 3. The molecular weight excluding hydrogens is 1380 g/mol. The van der Waals surface area contributed by atoms with Crippen LogP contribution in [0.1, 0.15) is 239 Å². The van der Waals surface area contributed by atoms with Crippen molar-refractivity contribution in [3.63, 3.8) is 0 Å². The molecule has 0 spiro atoms. The molecule has 94 heavy (non-hydrogen) atoms. The van der Waals surface area contributed by atoms with Gasteiger partial charge in [0.1, 0.15) is 0 Å². The van der Waals surface area contributed by atoms with Gasteiger partial charge < -0.3 is 65.4 Å². The SMILES string of the molecule is C=CC(=O)Cl.C=CCC1CCC(C)(C)N1.C=CCC1CCC(C)(C)N1C(=O)C=C.C=C[CH2-].CC1(C)CCC2CC(N)CC(=O)N21.CC1(C)CCC2CC(N=[N+]=[N-])CC(=O)N21.CC1(C)CCC2CC=CC(=O)N21.CC1(C)CCC=N1.CC1(C)CCC=[N+]1[O-].CCO.[Br-].[CH3-].[Mg+2].[Pd]. The molecule has 0 aliphatic carbocycles. The number of hydrogen-bond acceptors (Lipinski definition) is 11. The number of azide groups is 1. The number of fused-ring (bicyclic) bond motifs is 3. The molecule has 0 saturated carbocycles. The number of aliphatic hydroxyl groups excluding tert-OH is 1. The summed E-state index contributed by atoms with van der Waals surface area (Å²) in [6.45, 7) is 52.3. The second-order valence-electron chi connectivity index (χ2n) is 29.3. The van der Waals surface area contributed by atoms with Gasteiger partial charge in [0.05, 0.1) is 5.54 Å². The van der Waals surface area contributed by atoms with Gasteiger partial charge in [-0.3, -0.25) is 29.0 Å².